The maximum Gasteiger partial charge on any atom is 0.354 e. The van der Waals surface area contributed by atoms with Crippen LogP contribution in [0.4, 0.5) is 5.69 Å². The Bertz CT molecular complexity index is 853. The Morgan fingerprint density at radius 2 is 1.72 bits per heavy atom. The lowest BCUT2D eigenvalue weighted by atomic mass is 10.2. The number of piperazine rings is 1. The first-order valence-corrected chi connectivity index (χ1v) is 9.42. The second-order valence-corrected chi connectivity index (χ2v) is 7.83. The number of rotatable bonds is 4. The number of methoxy groups -OCH3 is 1. The van der Waals surface area contributed by atoms with Gasteiger partial charge in [0, 0.05) is 45.1 Å². The highest BCUT2D eigenvalue weighted by Crippen LogP contribution is 2.22. The predicted molar refractivity (Wildman–Crippen MR) is 94.2 cm³/mol. The first-order valence-electron chi connectivity index (χ1n) is 7.98. The minimum atomic E-state index is -3.63. The van der Waals surface area contributed by atoms with Gasteiger partial charge >= 0.3 is 5.97 Å². The van der Waals surface area contributed by atoms with Crippen molar-refractivity contribution >= 4 is 21.7 Å². The third-order valence-corrected chi connectivity index (χ3v) is 6.24. The van der Waals surface area contributed by atoms with Crippen LogP contribution in [-0.4, -0.2) is 56.5 Å². The van der Waals surface area contributed by atoms with Gasteiger partial charge in [0.05, 0.1) is 7.11 Å². The molecule has 0 radical (unpaired) electrons. The molecular formula is C17H21N3O4S. The summed E-state index contributed by atoms with van der Waals surface area (Å²) in [6.45, 7) is 2.05. The molecule has 1 aromatic heterocycles. The zero-order valence-electron chi connectivity index (χ0n) is 14.3. The third kappa shape index (κ3) is 3.40. The summed E-state index contributed by atoms with van der Waals surface area (Å²) in [6.07, 6.45) is 1.45. The number of hydrogen-bond acceptors (Lipinski definition) is 5. The van der Waals surface area contributed by atoms with Crippen molar-refractivity contribution in [2.24, 2.45) is 7.05 Å². The van der Waals surface area contributed by atoms with Gasteiger partial charge in [-0.2, -0.15) is 4.31 Å². The number of nitrogens with zero attached hydrogens (tertiary/aromatic N) is 3. The first kappa shape index (κ1) is 17.5. The van der Waals surface area contributed by atoms with Crippen LogP contribution in [0.5, 0.6) is 0 Å². The van der Waals surface area contributed by atoms with Crippen molar-refractivity contribution in [3.05, 3.63) is 48.3 Å². The molecule has 0 atom stereocenters. The van der Waals surface area contributed by atoms with Crippen LogP contribution in [0.25, 0.3) is 0 Å². The van der Waals surface area contributed by atoms with Gasteiger partial charge in [0.2, 0.25) is 10.0 Å². The van der Waals surface area contributed by atoms with E-state index in [4.69, 9.17) is 0 Å². The number of esters is 1. The fraction of sp³-hybridized carbons (Fsp3) is 0.353. The highest BCUT2D eigenvalue weighted by atomic mass is 32.2. The Balaban J connectivity index is 1.75. The first-order chi connectivity index (χ1) is 11.9. The number of ether oxygens (including phenoxy) is 1. The largest absolute Gasteiger partial charge is 0.464 e. The number of para-hydroxylation sites is 1. The Morgan fingerprint density at radius 1 is 1.08 bits per heavy atom. The van der Waals surface area contributed by atoms with E-state index in [9.17, 15) is 13.2 Å². The monoisotopic (exact) mass is 363 g/mol. The van der Waals surface area contributed by atoms with E-state index < -0.39 is 16.0 Å². The molecule has 0 saturated carbocycles. The van der Waals surface area contributed by atoms with Crippen molar-refractivity contribution in [3.8, 4) is 0 Å². The van der Waals surface area contributed by atoms with E-state index >= 15 is 0 Å². The van der Waals surface area contributed by atoms with E-state index in [1.165, 1.54) is 28.2 Å². The molecule has 0 aliphatic carbocycles. The molecule has 3 rings (SSSR count). The lowest BCUT2D eigenvalue weighted by Crippen LogP contribution is -2.48. The van der Waals surface area contributed by atoms with Crippen LogP contribution in [0.2, 0.25) is 0 Å². The van der Waals surface area contributed by atoms with Crippen molar-refractivity contribution in [2.45, 2.75) is 4.90 Å². The summed E-state index contributed by atoms with van der Waals surface area (Å²) in [4.78, 5) is 14.0. The van der Waals surface area contributed by atoms with E-state index in [2.05, 4.69) is 9.64 Å². The van der Waals surface area contributed by atoms with Gasteiger partial charge in [-0.1, -0.05) is 18.2 Å². The number of aryl methyl sites for hydroxylation is 1. The van der Waals surface area contributed by atoms with Crippen LogP contribution in [-0.2, 0) is 21.8 Å². The molecule has 0 unspecified atom stereocenters. The minimum Gasteiger partial charge on any atom is -0.464 e. The van der Waals surface area contributed by atoms with Crippen molar-refractivity contribution in [1.82, 2.24) is 8.87 Å². The zero-order chi connectivity index (χ0) is 18.0. The molecule has 1 aliphatic rings. The third-order valence-electron chi connectivity index (χ3n) is 4.37. The Labute approximate surface area is 147 Å². The molecule has 0 N–H and O–H groups in total. The minimum absolute atomic E-state index is 0.114. The summed E-state index contributed by atoms with van der Waals surface area (Å²) in [5.74, 6) is -0.558. The van der Waals surface area contributed by atoms with E-state index in [1.54, 1.807) is 7.05 Å². The van der Waals surface area contributed by atoms with Gasteiger partial charge in [-0.3, -0.25) is 0 Å². The van der Waals surface area contributed by atoms with E-state index in [-0.39, 0.29) is 10.6 Å². The summed E-state index contributed by atoms with van der Waals surface area (Å²) < 4.78 is 33.3. The molecule has 1 saturated heterocycles. The summed E-state index contributed by atoms with van der Waals surface area (Å²) in [5, 5.41) is 0. The summed E-state index contributed by atoms with van der Waals surface area (Å²) in [6, 6.07) is 11.3. The smallest absolute Gasteiger partial charge is 0.354 e. The Morgan fingerprint density at radius 3 is 2.32 bits per heavy atom. The number of sulfonamides is 1. The molecule has 0 amide bonds. The average Bonchev–Trinajstić information content (AvgIpc) is 3.04. The van der Waals surface area contributed by atoms with Crippen molar-refractivity contribution in [2.75, 3.05) is 38.2 Å². The second-order valence-electron chi connectivity index (χ2n) is 5.89. The van der Waals surface area contributed by atoms with Gasteiger partial charge in [-0.05, 0) is 18.2 Å². The van der Waals surface area contributed by atoms with Gasteiger partial charge in [0.15, 0.2) is 0 Å². The van der Waals surface area contributed by atoms with Crippen molar-refractivity contribution in [1.29, 1.82) is 0 Å². The van der Waals surface area contributed by atoms with Crippen molar-refractivity contribution < 1.29 is 17.9 Å². The van der Waals surface area contributed by atoms with E-state index in [1.807, 2.05) is 30.3 Å². The number of hydrogen-bond donors (Lipinski definition) is 0. The topological polar surface area (TPSA) is 71.8 Å². The van der Waals surface area contributed by atoms with Gasteiger partial charge in [-0.15, -0.1) is 0 Å². The fourth-order valence-corrected chi connectivity index (χ4v) is 4.45. The molecule has 0 spiro atoms. The molecule has 0 bridgehead atoms. The zero-order valence-corrected chi connectivity index (χ0v) is 15.1. The van der Waals surface area contributed by atoms with Crippen LogP contribution < -0.4 is 4.90 Å². The van der Waals surface area contributed by atoms with Crippen LogP contribution in [0, 0.1) is 0 Å². The highest BCUT2D eigenvalue weighted by molar-refractivity contribution is 7.89. The van der Waals surface area contributed by atoms with E-state index in [0.29, 0.717) is 26.2 Å². The molecule has 2 aromatic rings. The Kier molecular flexibility index (Phi) is 4.82. The quantitative estimate of drug-likeness (QED) is 0.766. The normalized spacial score (nSPS) is 16.0. The molecule has 2 heterocycles. The molecular weight excluding hydrogens is 342 g/mol. The number of anilines is 1. The van der Waals surface area contributed by atoms with Crippen LogP contribution >= 0.6 is 0 Å². The van der Waals surface area contributed by atoms with Gasteiger partial charge in [0.25, 0.3) is 0 Å². The lowest BCUT2D eigenvalue weighted by Gasteiger charge is -2.35. The maximum atomic E-state index is 12.8. The molecule has 1 aliphatic heterocycles. The SMILES string of the molecule is COC(=O)c1cc(S(=O)(=O)N2CCN(c3ccccc3)CC2)cn1C. The van der Waals surface area contributed by atoms with Gasteiger partial charge < -0.3 is 14.2 Å². The van der Waals surface area contributed by atoms with Gasteiger partial charge in [0.1, 0.15) is 10.6 Å². The molecule has 7 nitrogen and oxygen atoms in total. The van der Waals surface area contributed by atoms with E-state index in [0.717, 1.165) is 5.69 Å². The Hall–Kier alpha value is -2.32. The van der Waals surface area contributed by atoms with Gasteiger partial charge in [-0.25, -0.2) is 13.2 Å². The molecule has 134 valence electrons. The number of carbonyl (C=O) groups excluding carboxylic acids is 1. The summed E-state index contributed by atoms with van der Waals surface area (Å²) >= 11 is 0. The number of aromatic nitrogens is 1. The standard InChI is InChI=1S/C17H21N3O4S/c1-18-13-15(12-16(18)17(21)24-2)25(22,23)20-10-8-19(9-11-20)14-6-4-3-5-7-14/h3-7,12-13H,8-11H2,1-2H3. The maximum absolute atomic E-state index is 12.8. The van der Waals surface area contributed by atoms with Crippen LogP contribution in [0.1, 0.15) is 10.5 Å². The van der Waals surface area contributed by atoms with Crippen LogP contribution in [0.3, 0.4) is 0 Å². The summed E-state index contributed by atoms with van der Waals surface area (Å²) in [7, 11) is -0.739. The number of benzene rings is 1. The molecule has 8 heteroatoms. The lowest BCUT2D eigenvalue weighted by molar-refractivity contribution is 0.0590. The fourth-order valence-electron chi connectivity index (χ4n) is 2.96. The second kappa shape index (κ2) is 6.89. The molecule has 1 aromatic carbocycles. The van der Waals surface area contributed by atoms with Crippen molar-refractivity contribution in [3.63, 3.8) is 0 Å². The highest BCUT2D eigenvalue weighted by Gasteiger charge is 2.30. The molecule has 25 heavy (non-hydrogen) atoms. The summed E-state index contributed by atoms with van der Waals surface area (Å²) in [5.41, 5.74) is 1.30. The molecule has 1 fully saturated rings. The number of carbonyl (C=O) groups is 1. The predicted octanol–water partition coefficient (Wildman–Crippen LogP) is 1.32. The average molecular weight is 363 g/mol. The van der Waals surface area contributed by atoms with Crippen LogP contribution in [0.15, 0.2) is 47.5 Å².